The van der Waals surface area contributed by atoms with E-state index in [0.717, 1.165) is 12.1 Å². The molecule has 0 saturated heterocycles. The molecule has 1 aromatic rings. The van der Waals surface area contributed by atoms with Crippen molar-refractivity contribution >= 4 is 21.9 Å². The van der Waals surface area contributed by atoms with E-state index in [-0.39, 0.29) is 16.5 Å². The number of benzene rings is 1. The predicted octanol–water partition coefficient (Wildman–Crippen LogP) is 3.06. The average Bonchev–Trinajstić information content (AvgIpc) is 2.25. The molecule has 0 N–H and O–H groups in total. The first-order chi connectivity index (χ1) is 8.29. The van der Waals surface area contributed by atoms with Crippen molar-refractivity contribution in [1.82, 2.24) is 0 Å². The number of nitrogens with zero attached hydrogens (tertiary/aromatic N) is 1. The Morgan fingerprint density at radius 3 is 2.56 bits per heavy atom. The molecule has 1 aromatic carbocycles. The Hall–Kier alpha value is -1.55. The van der Waals surface area contributed by atoms with Crippen LogP contribution in [0, 0.1) is 11.3 Å². The van der Waals surface area contributed by atoms with E-state index in [9.17, 15) is 18.0 Å². The summed E-state index contributed by atoms with van der Waals surface area (Å²) in [7, 11) is 1.17. The highest BCUT2D eigenvalue weighted by Crippen LogP contribution is 2.37. The van der Waals surface area contributed by atoms with Crippen molar-refractivity contribution in [2.24, 2.45) is 0 Å². The normalized spacial score (nSPS) is 10.9. The minimum absolute atomic E-state index is 0.193. The number of ether oxygens (including phenoxy) is 1. The molecule has 0 unspecified atom stereocenters. The summed E-state index contributed by atoms with van der Waals surface area (Å²) in [6.45, 7) is 0. The van der Waals surface area contributed by atoms with Crippen LogP contribution in [0.2, 0.25) is 0 Å². The molecular weight excluding hydrogens is 315 g/mol. The maximum absolute atomic E-state index is 12.7. The van der Waals surface area contributed by atoms with Gasteiger partial charge in [0.15, 0.2) is 0 Å². The first kappa shape index (κ1) is 14.5. The van der Waals surface area contributed by atoms with Gasteiger partial charge in [0.1, 0.15) is 0 Å². The summed E-state index contributed by atoms with van der Waals surface area (Å²) in [6.07, 6.45) is -4.82. The summed E-state index contributed by atoms with van der Waals surface area (Å²) in [4.78, 5) is 11.0. The largest absolute Gasteiger partial charge is 0.469 e. The highest BCUT2D eigenvalue weighted by Gasteiger charge is 2.36. The molecule has 0 aliphatic heterocycles. The Morgan fingerprint density at radius 1 is 1.50 bits per heavy atom. The summed E-state index contributed by atoms with van der Waals surface area (Å²) < 4.78 is 42.2. The van der Waals surface area contributed by atoms with Crippen molar-refractivity contribution in [3.05, 3.63) is 33.3 Å². The van der Waals surface area contributed by atoms with Crippen LogP contribution < -0.4 is 0 Å². The summed E-state index contributed by atoms with van der Waals surface area (Å²) in [5.74, 6) is -0.592. The van der Waals surface area contributed by atoms with Gasteiger partial charge in [-0.05, 0) is 17.7 Å². The molecule has 0 aromatic heterocycles. The lowest BCUT2D eigenvalue weighted by atomic mass is 10.0. The minimum atomic E-state index is -4.63. The fraction of sp³-hybridized carbons (Fsp3) is 0.273. The summed E-state index contributed by atoms with van der Waals surface area (Å²) in [5.41, 5.74) is -1.30. The van der Waals surface area contributed by atoms with E-state index in [1.54, 1.807) is 0 Å². The second-order valence-corrected chi connectivity index (χ2v) is 4.22. The van der Waals surface area contributed by atoms with Crippen LogP contribution in [0.4, 0.5) is 13.2 Å². The summed E-state index contributed by atoms with van der Waals surface area (Å²) in [5, 5.41) is 8.73. The Labute approximate surface area is 109 Å². The van der Waals surface area contributed by atoms with Crippen molar-refractivity contribution in [3.8, 4) is 6.07 Å². The number of rotatable bonds is 2. The van der Waals surface area contributed by atoms with E-state index < -0.39 is 23.3 Å². The molecule has 0 atom stereocenters. The molecule has 0 saturated carbocycles. The van der Waals surface area contributed by atoms with E-state index >= 15 is 0 Å². The summed E-state index contributed by atoms with van der Waals surface area (Å²) >= 11 is 2.76. The van der Waals surface area contributed by atoms with Crippen molar-refractivity contribution in [2.75, 3.05) is 7.11 Å². The van der Waals surface area contributed by atoms with Gasteiger partial charge in [-0.15, -0.1) is 0 Å². The summed E-state index contributed by atoms with van der Waals surface area (Å²) in [6, 6.07) is 3.66. The second-order valence-electron chi connectivity index (χ2n) is 3.36. The van der Waals surface area contributed by atoms with Gasteiger partial charge in [0.05, 0.1) is 30.7 Å². The smallest absolute Gasteiger partial charge is 0.418 e. The molecule has 0 aliphatic rings. The Kier molecular flexibility index (Phi) is 4.35. The van der Waals surface area contributed by atoms with Crippen molar-refractivity contribution < 1.29 is 22.7 Å². The van der Waals surface area contributed by atoms with Gasteiger partial charge in [-0.1, -0.05) is 15.9 Å². The molecule has 0 fully saturated rings. The number of carbonyl (C=O) groups excluding carboxylic acids is 1. The standard InChI is InChI=1S/C11H7BrF3NO2/c1-18-9(17)4-6-2-7(5-16)10(8(12)3-6)11(13,14)15/h2-3H,4H2,1H3. The van der Waals surface area contributed by atoms with E-state index in [0.29, 0.717) is 0 Å². The molecule has 0 radical (unpaired) electrons. The molecule has 0 heterocycles. The lowest BCUT2D eigenvalue weighted by Crippen LogP contribution is -2.11. The highest BCUT2D eigenvalue weighted by molar-refractivity contribution is 9.10. The fourth-order valence-electron chi connectivity index (χ4n) is 1.38. The zero-order valence-corrected chi connectivity index (χ0v) is 10.7. The first-order valence-corrected chi connectivity index (χ1v) is 5.45. The van der Waals surface area contributed by atoms with Crippen molar-refractivity contribution in [3.63, 3.8) is 0 Å². The number of hydrogen-bond acceptors (Lipinski definition) is 3. The zero-order valence-electron chi connectivity index (χ0n) is 9.14. The Morgan fingerprint density at radius 2 is 2.11 bits per heavy atom. The number of halogens is 4. The molecule has 1 rings (SSSR count). The van der Waals surface area contributed by atoms with E-state index in [1.165, 1.54) is 13.2 Å². The number of carbonyl (C=O) groups is 1. The quantitative estimate of drug-likeness (QED) is 0.787. The van der Waals surface area contributed by atoms with Gasteiger partial charge in [0.2, 0.25) is 0 Å². The third-order valence-electron chi connectivity index (χ3n) is 2.13. The SMILES string of the molecule is COC(=O)Cc1cc(Br)c(C(F)(F)F)c(C#N)c1. The molecule has 0 aliphatic carbocycles. The number of alkyl halides is 3. The van der Waals surface area contributed by atoms with Crippen LogP contribution >= 0.6 is 15.9 Å². The van der Waals surface area contributed by atoms with Crippen LogP contribution in [0.15, 0.2) is 16.6 Å². The molecule has 7 heteroatoms. The number of methoxy groups -OCH3 is 1. The van der Waals surface area contributed by atoms with Crippen LogP contribution in [0.5, 0.6) is 0 Å². The molecule has 0 spiro atoms. The topological polar surface area (TPSA) is 50.1 Å². The minimum Gasteiger partial charge on any atom is -0.469 e. The van der Waals surface area contributed by atoms with Crippen LogP contribution in [-0.2, 0) is 22.1 Å². The third kappa shape index (κ3) is 3.23. The van der Waals surface area contributed by atoms with Gasteiger partial charge < -0.3 is 4.74 Å². The van der Waals surface area contributed by atoms with E-state index in [1.807, 2.05) is 0 Å². The molecule has 0 amide bonds. The zero-order chi connectivity index (χ0) is 13.9. The number of nitriles is 1. The molecular formula is C11H7BrF3NO2. The monoisotopic (exact) mass is 321 g/mol. The van der Waals surface area contributed by atoms with Gasteiger partial charge >= 0.3 is 12.1 Å². The Bertz CT molecular complexity index is 520. The van der Waals surface area contributed by atoms with Crippen LogP contribution in [0.3, 0.4) is 0 Å². The first-order valence-electron chi connectivity index (χ1n) is 4.66. The van der Waals surface area contributed by atoms with Crippen molar-refractivity contribution in [1.29, 1.82) is 5.26 Å². The van der Waals surface area contributed by atoms with Gasteiger partial charge in [-0.3, -0.25) is 4.79 Å². The van der Waals surface area contributed by atoms with Gasteiger partial charge in [-0.25, -0.2) is 0 Å². The maximum Gasteiger partial charge on any atom is 0.418 e. The molecule has 0 bridgehead atoms. The van der Waals surface area contributed by atoms with Crippen LogP contribution in [-0.4, -0.2) is 13.1 Å². The molecule has 96 valence electrons. The molecule has 3 nitrogen and oxygen atoms in total. The number of esters is 1. The molecule has 18 heavy (non-hydrogen) atoms. The third-order valence-corrected chi connectivity index (χ3v) is 2.76. The predicted molar refractivity (Wildman–Crippen MR) is 59.6 cm³/mol. The van der Waals surface area contributed by atoms with Gasteiger partial charge in [0, 0.05) is 4.47 Å². The lowest BCUT2D eigenvalue weighted by Gasteiger charge is -2.12. The highest BCUT2D eigenvalue weighted by atomic mass is 79.9. The van der Waals surface area contributed by atoms with Crippen LogP contribution in [0.25, 0.3) is 0 Å². The van der Waals surface area contributed by atoms with Crippen LogP contribution in [0.1, 0.15) is 16.7 Å². The van der Waals surface area contributed by atoms with Crippen molar-refractivity contribution in [2.45, 2.75) is 12.6 Å². The Balaban J connectivity index is 3.29. The fourth-order valence-corrected chi connectivity index (χ4v) is 2.11. The van der Waals surface area contributed by atoms with E-state index in [2.05, 4.69) is 20.7 Å². The maximum atomic E-state index is 12.7. The van der Waals surface area contributed by atoms with E-state index in [4.69, 9.17) is 5.26 Å². The lowest BCUT2D eigenvalue weighted by molar-refractivity contribution is -0.139. The van der Waals surface area contributed by atoms with Gasteiger partial charge in [0.25, 0.3) is 0 Å². The average molecular weight is 322 g/mol. The second kappa shape index (κ2) is 5.40. The van der Waals surface area contributed by atoms with Gasteiger partial charge in [-0.2, -0.15) is 18.4 Å². The number of hydrogen-bond donors (Lipinski definition) is 0.